The van der Waals surface area contributed by atoms with Gasteiger partial charge in [-0.15, -0.1) is 0 Å². The van der Waals surface area contributed by atoms with Crippen molar-refractivity contribution in [3.05, 3.63) is 42.5 Å². The van der Waals surface area contributed by atoms with Gasteiger partial charge in [0.15, 0.2) is 0 Å². The maximum Gasteiger partial charge on any atom is 0.319 e. The molecule has 0 radical (unpaired) electrons. The normalized spacial score (nSPS) is 15.3. The van der Waals surface area contributed by atoms with Crippen LogP contribution >= 0.6 is 0 Å². The summed E-state index contributed by atoms with van der Waals surface area (Å²) in [4.78, 5) is 29.9. The molecular weight excluding hydrogens is 318 g/mol. The average Bonchev–Trinajstić information content (AvgIpc) is 3.26. The summed E-state index contributed by atoms with van der Waals surface area (Å²) in [6, 6.07) is 5.47. The number of rotatable bonds is 5. The van der Waals surface area contributed by atoms with Gasteiger partial charge in [0.1, 0.15) is 0 Å². The van der Waals surface area contributed by atoms with Crippen LogP contribution in [0.1, 0.15) is 31.4 Å². The second-order valence-corrected chi connectivity index (χ2v) is 6.34. The van der Waals surface area contributed by atoms with Crippen molar-refractivity contribution in [3.8, 4) is 0 Å². The third-order valence-corrected chi connectivity index (χ3v) is 4.42. The molecule has 0 saturated carbocycles. The van der Waals surface area contributed by atoms with E-state index in [0.717, 1.165) is 24.2 Å². The molecule has 0 aliphatic carbocycles. The van der Waals surface area contributed by atoms with E-state index < -0.39 is 0 Å². The molecule has 1 atom stereocenters. The molecule has 7 nitrogen and oxygen atoms in total. The van der Waals surface area contributed by atoms with E-state index in [1.54, 1.807) is 17.4 Å². The van der Waals surface area contributed by atoms with E-state index in [9.17, 15) is 9.59 Å². The molecule has 2 heterocycles. The zero-order valence-corrected chi connectivity index (χ0v) is 14.5. The summed E-state index contributed by atoms with van der Waals surface area (Å²) in [5.74, 6) is 0.138. The predicted molar refractivity (Wildman–Crippen MR) is 96.7 cm³/mol. The van der Waals surface area contributed by atoms with Gasteiger partial charge in [-0.25, -0.2) is 9.78 Å². The van der Waals surface area contributed by atoms with Crippen molar-refractivity contribution in [2.24, 2.45) is 0 Å². The van der Waals surface area contributed by atoms with Crippen LogP contribution in [0.15, 0.2) is 36.9 Å². The molecule has 1 fully saturated rings. The Labute approximate surface area is 147 Å². The number of carbonyl (C=O) groups excluding carboxylic acids is 2. The molecule has 0 spiro atoms. The lowest BCUT2D eigenvalue weighted by Gasteiger charge is -2.20. The third kappa shape index (κ3) is 3.99. The van der Waals surface area contributed by atoms with E-state index in [-0.39, 0.29) is 18.0 Å². The Bertz CT molecular complexity index is 757. The maximum atomic E-state index is 12.1. The lowest BCUT2D eigenvalue weighted by Crippen LogP contribution is -2.33. The molecule has 2 aromatic rings. The highest BCUT2D eigenvalue weighted by Crippen LogP contribution is 2.28. The summed E-state index contributed by atoms with van der Waals surface area (Å²) in [7, 11) is 0. The number of nitrogens with one attached hydrogen (secondary N) is 2. The van der Waals surface area contributed by atoms with Crippen LogP contribution in [-0.2, 0) is 4.79 Å². The van der Waals surface area contributed by atoms with Crippen molar-refractivity contribution >= 4 is 23.3 Å². The number of urea groups is 1. The summed E-state index contributed by atoms with van der Waals surface area (Å²) in [6.07, 6.45) is 6.77. The van der Waals surface area contributed by atoms with E-state index in [2.05, 4.69) is 15.6 Å². The Morgan fingerprint density at radius 2 is 2.24 bits per heavy atom. The van der Waals surface area contributed by atoms with Crippen molar-refractivity contribution in [2.75, 3.05) is 23.3 Å². The molecule has 1 aromatic heterocycles. The summed E-state index contributed by atoms with van der Waals surface area (Å²) in [6.45, 7) is 5.20. The monoisotopic (exact) mass is 341 g/mol. The molecule has 3 amide bonds. The number of nitrogens with zero attached hydrogens (tertiary/aromatic N) is 3. The first-order valence-corrected chi connectivity index (χ1v) is 8.48. The second kappa shape index (κ2) is 7.38. The van der Waals surface area contributed by atoms with Crippen molar-refractivity contribution < 1.29 is 9.59 Å². The molecule has 0 bridgehead atoms. The number of anilines is 2. The highest BCUT2D eigenvalue weighted by Gasteiger charge is 2.23. The summed E-state index contributed by atoms with van der Waals surface area (Å²) in [5.41, 5.74) is 2.56. The van der Waals surface area contributed by atoms with Crippen LogP contribution in [0.4, 0.5) is 16.2 Å². The number of amides is 3. The minimum atomic E-state index is -0.269. The Kier molecular flexibility index (Phi) is 5.02. The van der Waals surface area contributed by atoms with Gasteiger partial charge in [-0.1, -0.05) is 6.07 Å². The first-order valence-electron chi connectivity index (χ1n) is 8.48. The van der Waals surface area contributed by atoms with Crippen molar-refractivity contribution in [2.45, 2.75) is 32.7 Å². The molecule has 132 valence electrons. The smallest absolute Gasteiger partial charge is 0.319 e. The van der Waals surface area contributed by atoms with E-state index in [0.29, 0.717) is 18.7 Å². The van der Waals surface area contributed by atoms with Gasteiger partial charge < -0.3 is 20.1 Å². The van der Waals surface area contributed by atoms with Gasteiger partial charge in [0, 0.05) is 49.3 Å². The van der Waals surface area contributed by atoms with Gasteiger partial charge in [0.05, 0.1) is 6.33 Å². The Morgan fingerprint density at radius 1 is 1.40 bits per heavy atom. The Morgan fingerprint density at radius 3 is 2.92 bits per heavy atom. The number of aryl methyl sites for hydroxylation is 1. The maximum absolute atomic E-state index is 12.1. The standard InChI is InChI=1S/C18H23N5O2/c1-13-5-6-15(10-16(13)23-8-3-4-17(23)24)21-18(25)20-11-14(2)22-9-7-19-12-22/h5-7,9-10,12,14H,3-4,8,11H2,1-2H3,(H2,20,21,25)/t14-/m1/s1. The zero-order valence-electron chi connectivity index (χ0n) is 14.5. The molecule has 2 N–H and O–H groups in total. The number of aromatic nitrogens is 2. The molecule has 25 heavy (non-hydrogen) atoms. The summed E-state index contributed by atoms with van der Waals surface area (Å²) in [5, 5.41) is 5.69. The minimum absolute atomic E-state index is 0.115. The summed E-state index contributed by atoms with van der Waals surface area (Å²) >= 11 is 0. The lowest BCUT2D eigenvalue weighted by molar-refractivity contribution is -0.117. The molecule has 0 unspecified atom stereocenters. The number of carbonyl (C=O) groups is 2. The topological polar surface area (TPSA) is 79.3 Å². The fourth-order valence-corrected chi connectivity index (χ4v) is 2.93. The largest absolute Gasteiger partial charge is 0.336 e. The highest BCUT2D eigenvalue weighted by atomic mass is 16.2. The van der Waals surface area contributed by atoms with Crippen LogP contribution in [0.5, 0.6) is 0 Å². The third-order valence-electron chi connectivity index (χ3n) is 4.42. The highest BCUT2D eigenvalue weighted by molar-refractivity contribution is 5.97. The van der Waals surface area contributed by atoms with Gasteiger partial charge in [0.2, 0.25) is 5.91 Å². The zero-order chi connectivity index (χ0) is 17.8. The molecule has 1 aliphatic rings. The minimum Gasteiger partial charge on any atom is -0.336 e. The lowest BCUT2D eigenvalue weighted by atomic mass is 10.1. The predicted octanol–water partition coefficient (Wildman–Crippen LogP) is 2.70. The fraction of sp³-hybridized carbons (Fsp3) is 0.389. The number of hydrogen-bond acceptors (Lipinski definition) is 3. The molecule has 1 saturated heterocycles. The van der Waals surface area contributed by atoms with Crippen LogP contribution in [0.3, 0.4) is 0 Å². The van der Waals surface area contributed by atoms with Crippen LogP contribution in [0.25, 0.3) is 0 Å². The van der Waals surface area contributed by atoms with Crippen LogP contribution in [-0.4, -0.2) is 34.6 Å². The molecular formula is C18H23N5O2. The fourth-order valence-electron chi connectivity index (χ4n) is 2.93. The average molecular weight is 341 g/mol. The number of hydrogen-bond donors (Lipinski definition) is 2. The quantitative estimate of drug-likeness (QED) is 0.877. The van der Waals surface area contributed by atoms with E-state index in [1.165, 1.54) is 0 Å². The molecule has 3 rings (SSSR count). The molecule has 1 aromatic carbocycles. The van der Waals surface area contributed by atoms with Crippen molar-refractivity contribution in [1.29, 1.82) is 0 Å². The van der Waals surface area contributed by atoms with Crippen molar-refractivity contribution in [3.63, 3.8) is 0 Å². The Balaban J connectivity index is 1.60. The van der Waals surface area contributed by atoms with Crippen LogP contribution in [0.2, 0.25) is 0 Å². The summed E-state index contributed by atoms with van der Waals surface area (Å²) < 4.78 is 1.93. The molecule has 1 aliphatic heterocycles. The SMILES string of the molecule is Cc1ccc(NC(=O)NC[C@@H](C)n2ccnc2)cc1N1CCCC1=O. The molecule has 7 heteroatoms. The second-order valence-electron chi connectivity index (χ2n) is 6.34. The first-order chi connectivity index (χ1) is 12.0. The Hall–Kier alpha value is -2.83. The number of benzene rings is 1. The van der Waals surface area contributed by atoms with Gasteiger partial charge >= 0.3 is 6.03 Å². The van der Waals surface area contributed by atoms with E-state index >= 15 is 0 Å². The van der Waals surface area contributed by atoms with Gasteiger partial charge in [0.25, 0.3) is 0 Å². The van der Waals surface area contributed by atoms with E-state index in [1.807, 2.05) is 42.8 Å². The van der Waals surface area contributed by atoms with Crippen LogP contribution in [0, 0.1) is 6.92 Å². The van der Waals surface area contributed by atoms with Gasteiger partial charge in [-0.05, 0) is 38.0 Å². The van der Waals surface area contributed by atoms with Crippen LogP contribution < -0.4 is 15.5 Å². The van der Waals surface area contributed by atoms with E-state index in [4.69, 9.17) is 0 Å². The number of imidazole rings is 1. The first kappa shape index (κ1) is 17.0. The van der Waals surface area contributed by atoms with Gasteiger partial charge in [-0.2, -0.15) is 0 Å². The van der Waals surface area contributed by atoms with Gasteiger partial charge in [-0.3, -0.25) is 4.79 Å². The van der Waals surface area contributed by atoms with Crippen molar-refractivity contribution in [1.82, 2.24) is 14.9 Å².